The van der Waals surface area contributed by atoms with Crippen LogP contribution >= 0.6 is 22.7 Å². The summed E-state index contributed by atoms with van der Waals surface area (Å²) in [6, 6.07) is 70.9. The molecule has 13 rings (SSSR count). The second kappa shape index (κ2) is 13.8. The Morgan fingerprint density at radius 3 is 1.78 bits per heavy atom. The molecule has 1 aliphatic rings. The van der Waals surface area contributed by atoms with E-state index in [-0.39, 0.29) is 5.41 Å². The van der Waals surface area contributed by atoms with Crippen molar-refractivity contribution in [3.8, 4) is 38.0 Å². The van der Waals surface area contributed by atoms with Crippen LogP contribution in [0.1, 0.15) is 25.0 Å². The van der Waals surface area contributed by atoms with Crippen LogP contribution in [0.2, 0.25) is 0 Å². The fraction of sp³-hybridized carbons (Fsp3) is 0.0526. The van der Waals surface area contributed by atoms with Crippen molar-refractivity contribution in [3.63, 3.8) is 0 Å². The predicted molar refractivity (Wildman–Crippen MR) is 268 cm³/mol. The minimum absolute atomic E-state index is 0.249. The highest BCUT2D eigenvalue weighted by atomic mass is 32.1. The van der Waals surface area contributed by atoms with Crippen LogP contribution in [0.25, 0.3) is 91.0 Å². The Kier molecular flexibility index (Phi) is 7.96. The highest BCUT2D eigenvalue weighted by molar-refractivity contribution is 7.22. The molecule has 0 amide bonds. The smallest absolute Gasteiger partial charge is 0.124 e. The summed E-state index contributed by atoms with van der Waals surface area (Å²) in [6.45, 7) is 4.77. The van der Waals surface area contributed by atoms with Crippen LogP contribution in [0.3, 0.4) is 0 Å². The molecule has 0 bridgehead atoms. The van der Waals surface area contributed by atoms with Crippen molar-refractivity contribution < 1.29 is 0 Å². The molecule has 298 valence electrons. The van der Waals surface area contributed by atoms with Gasteiger partial charge in [-0.1, -0.05) is 98.8 Å². The van der Waals surface area contributed by atoms with Crippen LogP contribution in [-0.4, -0.2) is 14.5 Å². The van der Waals surface area contributed by atoms with Crippen LogP contribution in [0.15, 0.2) is 194 Å². The fourth-order valence-corrected chi connectivity index (χ4v) is 11.8. The Morgan fingerprint density at radius 2 is 1.02 bits per heavy atom. The number of anilines is 3. The molecule has 6 heteroatoms. The molecular weight excluding hydrogens is 805 g/mol. The second-order valence-electron chi connectivity index (χ2n) is 17.1. The minimum Gasteiger partial charge on any atom is -0.310 e. The van der Waals surface area contributed by atoms with Gasteiger partial charge < -0.3 is 9.47 Å². The van der Waals surface area contributed by atoms with Gasteiger partial charge in [0.15, 0.2) is 0 Å². The molecule has 3 heterocycles. The summed E-state index contributed by atoms with van der Waals surface area (Å²) >= 11 is 3.49. The van der Waals surface area contributed by atoms with Crippen LogP contribution in [0.5, 0.6) is 0 Å². The second-order valence-corrected chi connectivity index (χ2v) is 19.1. The van der Waals surface area contributed by atoms with E-state index in [1.165, 1.54) is 69.9 Å². The van der Waals surface area contributed by atoms with Gasteiger partial charge in [-0.15, -0.1) is 22.7 Å². The predicted octanol–water partition coefficient (Wildman–Crippen LogP) is 16.3. The topological polar surface area (TPSA) is 34.0 Å². The van der Waals surface area contributed by atoms with Crippen LogP contribution in [0, 0.1) is 0 Å². The van der Waals surface area contributed by atoms with E-state index in [4.69, 9.17) is 9.97 Å². The highest BCUT2D eigenvalue weighted by Crippen LogP contribution is 2.52. The molecule has 0 aliphatic heterocycles. The molecule has 0 N–H and O–H groups in total. The maximum absolute atomic E-state index is 5.00. The number of rotatable bonds is 6. The van der Waals surface area contributed by atoms with E-state index in [0.29, 0.717) is 0 Å². The van der Waals surface area contributed by atoms with Gasteiger partial charge in [0.2, 0.25) is 0 Å². The lowest BCUT2D eigenvalue weighted by Gasteiger charge is -2.28. The summed E-state index contributed by atoms with van der Waals surface area (Å²) in [5, 5.41) is 7.00. The summed E-state index contributed by atoms with van der Waals surface area (Å²) in [5.74, 6) is 0. The molecule has 1 aliphatic carbocycles. The van der Waals surface area contributed by atoms with Crippen molar-refractivity contribution in [1.82, 2.24) is 14.5 Å². The first kappa shape index (κ1) is 36.3. The summed E-state index contributed by atoms with van der Waals surface area (Å²) in [6.07, 6.45) is 0. The Bertz CT molecular complexity index is 3730. The van der Waals surface area contributed by atoms with Gasteiger partial charge in [-0.25, -0.2) is 9.97 Å². The van der Waals surface area contributed by atoms with Crippen LogP contribution in [0.4, 0.5) is 17.1 Å². The monoisotopic (exact) mass is 842 g/mol. The largest absolute Gasteiger partial charge is 0.310 e. The van der Waals surface area contributed by atoms with Crippen molar-refractivity contribution in [3.05, 3.63) is 205 Å². The number of hydrogen-bond donors (Lipinski definition) is 0. The average molecular weight is 843 g/mol. The number of para-hydroxylation sites is 3. The van der Waals surface area contributed by atoms with Crippen molar-refractivity contribution >= 4 is 92.7 Å². The lowest BCUT2D eigenvalue weighted by atomic mass is 9.82. The standard InChI is InChI=1S/C57H38N4S2/c1-57(2)47-33-41(60(40-25-19-35-11-3-4-12-37(35)31-40)39-23-20-36(21-24-39)55-58-49-14-6-9-17-53(49)62-55)26-28-43(47)44-29-27-42(34-48(44)57)61-51-16-8-5-13-45(51)46-32-38(22-30-52(46)61)56-59-50-15-7-10-18-54(50)63-56/h3-34H,1-2H3. The fourth-order valence-electron chi connectivity index (χ4n) is 9.88. The van der Waals surface area contributed by atoms with Gasteiger partial charge in [-0.05, 0) is 142 Å². The highest BCUT2D eigenvalue weighted by Gasteiger charge is 2.36. The molecule has 63 heavy (non-hydrogen) atoms. The zero-order chi connectivity index (χ0) is 41.8. The Morgan fingerprint density at radius 1 is 0.444 bits per heavy atom. The molecule has 0 fully saturated rings. The van der Waals surface area contributed by atoms with E-state index in [1.54, 1.807) is 22.7 Å². The zero-order valence-electron chi connectivity index (χ0n) is 34.6. The number of fused-ring (bicyclic) bond motifs is 9. The molecule has 0 spiro atoms. The maximum Gasteiger partial charge on any atom is 0.124 e. The van der Waals surface area contributed by atoms with Crippen LogP contribution in [-0.2, 0) is 5.41 Å². The van der Waals surface area contributed by atoms with Gasteiger partial charge in [0, 0.05) is 50.1 Å². The molecule has 0 atom stereocenters. The van der Waals surface area contributed by atoms with Gasteiger partial charge in [0.25, 0.3) is 0 Å². The number of thiazole rings is 2. The number of aromatic nitrogens is 3. The van der Waals surface area contributed by atoms with Crippen molar-refractivity contribution in [2.75, 3.05) is 4.90 Å². The minimum atomic E-state index is -0.249. The lowest BCUT2D eigenvalue weighted by molar-refractivity contribution is 0.660. The molecule has 9 aromatic carbocycles. The Balaban J connectivity index is 0.906. The van der Waals surface area contributed by atoms with Gasteiger partial charge in [0.1, 0.15) is 10.0 Å². The van der Waals surface area contributed by atoms with Gasteiger partial charge >= 0.3 is 0 Å². The molecule has 0 saturated carbocycles. The zero-order valence-corrected chi connectivity index (χ0v) is 36.2. The van der Waals surface area contributed by atoms with E-state index >= 15 is 0 Å². The number of hydrogen-bond acceptors (Lipinski definition) is 5. The Hall–Kier alpha value is -7.38. The first-order valence-corrected chi connectivity index (χ1v) is 23.0. The van der Waals surface area contributed by atoms with Crippen molar-refractivity contribution in [2.45, 2.75) is 19.3 Å². The lowest BCUT2D eigenvalue weighted by Crippen LogP contribution is -2.17. The molecule has 0 radical (unpaired) electrons. The molecular formula is C57H38N4S2. The molecule has 4 nitrogen and oxygen atoms in total. The van der Waals surface area contributed by atoms with E-state index in [9.17, 15) is 0 Å². The first-order valence-electron chi connectivity index (χ1n) is 21.4. The SMILES string of the molecule is CC1(C)c2cc(N(c3ccc(-c4nc5ccccc5s4)cc3)c3ccc4ccccc4c3)ccc2-c2ccc(-n3c4ccccc4c4cc(-c5nc6ccccc6s5)ccc43)cc21. The van der Waals surface area contributed by atoms with E-state index < -0.39 is 0 Å². The average Bonchev–Trinajstić information content (AvgIpc) is 4.09. The summed E-state index contributed by atoms with van der Waals surface area (Å²) in [5.41, 5.74) is 16.3. The quantitative estimate of drug-likeness (QED) is 0.167. The van der Waals surface area contributed by atoms with Gasteiger partial charge in [-0.3, -0.25) is 0 Å². The van der Waals surface area contributed by atoms with Gasteiger partial charge in [0.05, 0.1) is 31.5 Å². The number of benzene rings is 9. The third kappa shape index (κ3) is 5.72. The maximum atomic E-state index is 5.00. The third-order valence-corrected chi connectivity index (χ3v) is 15.2. The van der Waals surface area contributed by atoms with E-state index in [1.807, 2.05) is 0 Å². The summed E-state index contributed by atoms with van der Waals surface area (Å²) in [7, 11) is 0. The molecule has 0 saturated heterocycles. The van der Waals surface area contributed by atoms with E-state index in [0.717, 1.165) is 49.2 Å². The molecule has 0 unspecified atom stereocenters. The van der Waals surface area contributed by atoms with E-state index in [2.05, 4.69) is 217 Å². The third-order valence-electron chi connectivity index (χ3n) is 13.0. The summed E-state index contributed by atoms with van der Waals surface area (Å²) < 4.78 is 4.85. The number of nitrogens with zero attached hydrogens (tertiary/aromatic N) is 4. The first-order chi connectivity index (χ1) is 30.9. The Labute approximate surface area is 372 Å². The van der Waals surface area contributed by atoms with Crippen molar-refractivity contribution in [1.29, 1.82) is 0 Å². The normalized spacial score (nSPS) is 13.0. The summed E-state index contributed by atoms with van der Waals surface area (Å²) in [4.78, 5) is 12.4. The molecule has 12 aromatic rings. The van der Waals surface area contributed by atoms with Gasteiger partial charge in [-0.2, -0.15) is 0 Å². The van der Waals surface area contributed by atoms with Crippen LogP contribution < -0.4 is 4.90 Å². The van der Waals surface area contributed by atoms with Crippen molar-refractivity contribution in [2.24, 2.45) is 0 Å². The molecule has 3 aromatic heterocycles.